The Kier molecular flexibility index (Phi) is 2.49. The zero-order chi connectivity index (χ0) is 6.69. The van der Waals surface area contributed by atoms with Crippen LogP contribution in [0.1, 0.15) is 19.8 Å². The maximum atomic E-state index is 5.53. The number of hydrogen-bond acceptors (Lipinski definition) is 2. The van der Waals surface area contributed by atoms with E-state index in [1.165, 1.54) is 12.8 Å². The van der Waals surface area contributed by atoms with Crippen LogP contribution in [0.25, 0.3) is 0 Å². The second kappa shape index (κ2) is 3.18. The van der Waals surface area contributed by atoms with Crippen LogP contribution in [0.2, 0.25) is 0 Å². The minimum atomic E-state index is 0.582. The summed E-state index contributed by atoms with van der Waals surface area (Å²) in [6.07, 6.45) is 2.66. The van der Waals surface area contributed by atoms with Crippen molar-refractivity contribution in [3.05, 3.63) is 0 Å². The largest absolute Gasteiger partial charge is 0.329 e. The summed E-state index contributed by atoms with van der Waals surface area (Å²) in [7, 11) is 0. The Labute approximate surface area is 56.8 Å². The summed E-state index contributed by atoms with van der Waals surface area (Å²) in [5.74, 6) is 0.781. The molecule has 9 heavy (non-hydrogen) atoms. The molecule has 3 N–H and O–H groups in total. The molecule has 0 aliphatic carbocycles. The number of piperidine rings is 1. The first-order valence-electron chi connectivity index (χ1n) is 3.78. The van der Waals surface area contributed by atoms with E-state index in [2.05, 4.69) is 12.2 Å². The fourth-order valence-electron chi connectivity index (χ4n) is 1.43. The van der Waals surface area contributed by atoms with Crippen LogP contribution in [0.4, 0.5) is 0 Å². The lowest BCUT2D eigenvalue weighted by atomic mass is 9.93. The first-order valence-corrected chi connectivity index (χ1v) is 3.78. The van der Waals surface area contributed by atoms with Crippen molar-refractivity contribution in [1.82, 2.24) is 5.32 Å². The molecule has 0 aromatic heterocycles. The highest BCUT2D eigenvalue weighted by molar-refractivity contribution is 4.78. The van der Waals surface area contributed by atoms with Gasteiger partial charge in [-0.1, -0.05) is 6.92 Å². The maximum Gasteiger partial charge on any atom is 0.0215 e. The summed E-state index contributed by atoms with van der Waals surface area (Å²) in [5, 5.41) is 3.39. The quantitative estimate of drug-likeness (QED) is 0.534. The molecular formula is C7H16N2. The smallest absolute Gasteiger partial charge is 0.0215 e. The Morgan fingerprint density at radius 2 is 2.44 bits per heavy atom. The van der Waals surface area contributed by atoms with Gasteiger partial charge in [-0.2, -0.15) is 0 Å². The molecule has 2 nitrogen and oxygen atoms in total. The Balaban J connectivity index is 2.30. The highest BCUT2D eigenvalue weighted by atomic mass is 14.9. The van der Waals surface area contributed by atoms with Gasteiger partial charge in [0.2, 0.25) is 0 Å². The molecule has 1 saturated heterocycles. The van der Waals surface area contributed by atoms with Crippen LogP contribution < -0.4 is 11.1 Å². The van der Waals surface area contributed by atoms with Gasteiger partial charge in [0.25, 0.3) is 0 Å². The second-order valence-electron chi connectivity index (χ2n) is 2.92. The summed E-state index contributed by atoms with van der Waals surface area (Å²) in [6, 6.07) is 0.582. The predicted molar refractivity (Wildman–Crippen MR) is 39.2 cm³/mol. The first-order chi connectivity index (χ1) is 4.34. The van der Waals surface area contributed by atoms with Crippen LogP contribution in [-0.2, 0) is 0 Å². The molecule has 0 aromatic rings. The Morgan fingerprint density at radius 3 is 2.89 bits per heavy atom. The predicted octanol–water partition coefficient (Wildman–Crippen LogP) is 0.333. The molecule has 54 valence electrons. The van der Waals surface area contributed by atoms with Gasteiger partial charge in [0.1, 0.15) is 0 Å². The van der Waals surface area contributed by atoms with Crippen molar-refractivity contribution < 1.29 is 0 Å². The third-order valence-electron chi connectivity index (χ3n) is 2.18. The highest BCUT2D eigenvalue weighted by Gasteiger charge is 2.18. The summed E-state index contributed by atoms with van der Waals surface area (Å²) in [4.78, 5) is 0. The van der Waals surface area contributed by atoms with Crippen molar-refractivity contribution in [3.63, 3.8) is 0 Å². The number of nitrogens with one attached hydrogen (secondary N) is 1. The Morgan fingerprint density at radius 1 is 1.67 bits per heavy atom. The van der Waals surface area contributed by atoms with Crippen molar-refractivity contribution in [3.8, 4) is 0 Å². The molecule has 2 atom stereocenters. The highest BCUT2D eigenvalue weighted by Crippen LogP contribution is 2.13. The third-order valence-corrected chi connectivity index (χ3v) is 2.18. The lowest BCUT2D eigenvalue weighted by molar-refractivity contribution is 0.306. The van der Waals surface area contributed by atoms with Crippen molar-refractivity contribution in [1.29, 1.82) is 0 Å². The number of nitrogens with two attached hydrogens (primary N) is 1. The summed E-state index contributed by atoms with van der Waals surface area (Å²) < 4.78 is 0. The molecule has 0 bridgehead atoms. The van der Waals surface area contributed by atoms with Gasteiger partial charge in [-0.15, -0.1) is 0 Å². The number of hydrogen-bond donors (Lipinski definition) is 2. The van der Waals surface area contributed by atoms with Gasteiger partial charge in [-0.25, -0.2) is 0 Å². The van der Waals surface area contributed by atoms with E-state index < -0.39 is 0 Å². The van der Waals surface area contributed by atoms with E-state index in [0.717, 1.165) is 19.0 Å². The second-order valence-corrected chi connectivity index (χ2v) is 2.92. The molecule has 0 spiro atoms. The fraction of sp³-hybridized carbons (Fsp3) is 1.00. The van der Waals surface area contributed by atoms with Crippen molar-refractivity contribution in [2.24, 2.45) is 11.7 Å². The summed E-state index contributed by atoms with van der Waals surface area (Å²) >= 11 is 0. The summed E-state index contributed by atoms with van der Waals surface area (Å²) in [5.41, 5.74) is 5.53. The van der Waals surface area contributed by atoms with E-state index in [1.807, 2.05) is 0 Å². The molecule has 1 aliphatic heterocycles. The average molecular weight is 128 g/mol. The van der Waals surface area contributed by atoms with Crippen molar-refractivity contribution in [2.75, 3.05) is 13.1 Å². The van der Waals surface area contributed by atoms with Gasteiger partial charge < -0.3 is 11.1 Å². The average Bonchev–Trinajstić information content (AvgIpc) is 1.89. The van der Waals surface area contributed by atoms with E-state index >= 15 is 0 Å². The molecule has 0 saturated carbocycles. The normalized spacial score (nSPS) is 36.7. The maximum absolute atomic E-state index is 5.53. The van der Waals surface area contributed by atoms with Crippen molar-refractivity contribution >= 4 is 0 Å². The zero-order valence-corrected chi connectivity index (χ0v) is 6.06. The van der Waals surface area contributed by atoms with E-state index in [0.29, 0.717) is 6.04 Å². The summed E-state index contributed by atoms with van der Waals surface area (Å²) in [6.45, 7) is 4.22. The SMILES string of the molecule is C[C@@H]1CCCN[C@@H]1CN. The standard InChI is InChI=1S/C7H16N2/c1-6-3-2-4-9-7(6)5-8/h6-7,9H,2-5,8H2,1H3/t6-,7-/m1/s1. The molecular weight excluding hydrogens is 112 g/mol. The van der Waals surface area contributed by atoms with Crippen LogP contribution in [0.3, 0.4) is 0 Å². The molecule has 1 rings (SSSR count). The molecule has 0 aromatic carbocycles. The Bertz CT molecular complexity index is 83.0. The lowest BCUT2D eigenvalue weighted by Gasteiger charge is -2.28. The molecule has 1 heterocycles. The monoisotopic (exact) mass is 128 g/mol. The van der Waals surface area contributed by atoms with Crippen molar-refractivity contribution in [2.45, 2.75) is 25.8 Å². The van der Waals surface area contributed by atoms with Crippen LogP contribution in [0.15, 0.2) is 0 Å². The van der Waals surface area contributed by atoms with Gasteiger partial charge in [-0.05, 0) is 25.3 Å². The minimum Gasteiger partial charge on any atom is -0.329 e. The van der Waals surface area contributed by atoms with Gasteiger partial charge in [0.05, 0.1) is 0 Å². The molecule has 0 amide bonds. The van der Waals surface area contributed by atoms with Gasteiger partial charge in [0, 0.05) is 12.6 Å². The van der Waals surface area contributed by atoms with Crippen LogP contribution in [0.5, 0.6) is 0 Å². The van der Waals surface area contributed by atoms with Crippen LogP contribution >= 0.6 is 0 Å². The minimum absolute atomic E-state index is 0.582. The van der Waals surface area contributed by atoms with E-state index in [4.69, 9.17) is 5.73 Å². The van der Waals surface area contributed by atoms with Crippen LogP contribution in [-0.4, -0.2) is 19.1 Å². The number of rotatable bonds is 1. The topological polar surface area (TPSA) is 38.0 Å². The molecule has 2 heteroatoms. The third kappa shape index (κ3) is 1.66. The van der Waals surface area contributed by atoms with Gasteiger partial charge in [-0.3, -0.25) is 0 Å². The molecule has 1 fully saturated rings. The van der Waals surface area contributed by atoms with E-state index in [-0.39, 0.29) is 0 Å². The Hall–Kier alpha value is -0.0800. The lowest BCUT2D eigenvalue weighted by Crippen LogP contribution is -2.44. The molecule has 0 unspecified atom stereocenters. The molecule has 0 radical (unpaired) electrons. The first kappa shape index (κ1) is 7.03. The van der Waals surface area contributed by atoms with E-state index in [1.54, 1.807) is 0 Å². The van der Waals surface area contributed by atoms with E-state index in [9.17, 15) is 0 Å². The zero-order valence-electron chi connectivity index (χ0n) is 6.06. The molecule has 1 aliphatic rings. The fourth-order valence-corrected chi connectivity index (χ4v) is 1.43. The van der Waals surface area contributed by atoms with Crippen LogP contribution in [0, 0.1) is 5.92 Å². The van der Waals surface area contributed by atoms with Gasteiger partial charge in [0.15, 0.2) is 0 Å². The van der Waals surface area contributed by atoms with Gasteiger partial charge >= 0.3 is 0 Å².